The fraction of sp³-hybridized carbons (Fsp3) is 0.393. The van der Waals surface area contributed by atoms with Crippen LogP contribution in [0, 0.1) is 5.82 Å². The first-order valence-electron chi connectivity index (χ1n) is 13.1. The van der Waals surface area contributed by atoms with Gasteiger partial charge in [0.05, 0.1) is 31.2 Å². The lowest BCUT2D eigenvalue weighted by molar-refractivity contribution is -0.0289. The molecule has 0 unspecified atom stereocenters. The molecule has 0 radical (unpaired) electrons. The van der Waals surface area contributed by atoms with E-state index in [0.29, 0.717) is 28.5 Å². The van der Waals surface area contributed by atoms with Crippen LogP contribution in [-0.4, -0.2) is 65.9 Å². The van der Waals surface area contributed by atoms with Crippen molar-refractivity contribution >= 4 is 28.7 Å². The highest BCUT2D eigenvalue weighted by Crippen LogP contribution is 2.35. The highest BCUT2D eigenvalue weighted by Gasteiger charge is 2.44. The van der Waals surface area contributed by atoms with Gasteiger partial charge in [0.2, 0.25) is 0 Å². The number of ether oxygens (including phenoxy) is 2. The van der Waals surface area contributed by atoms with Crippen LogP contribution in [0.15, 0.2) is 72.1 Å². The quantitative estimate of drug-likeness (QED) is 0.266. The van der Waals surface area contributed by atoms with Gasteiger partial charge in [-0.1, -0.05) is 42.5 Å². The number of anilines is 1. The Bertz CT molecular complexity index is 1410. The molecule has 6 rings (SSSR count). The third-order valence-electron chi connectivity index (χ3n) is 7.29. The first-order valence-corrected chi connectivity index (χ1v) is 14.1. The monoisotopic (exact) mass is 551 g/mol. The molecule has 9 nitrogen and oxygen atoms in total. The number of nitrogens with one attached hydrogen (secondary N) is 1. The number of rotatable bonds is 9. The van der Waals surface area contributed by atoms with Crippen molar-refractivity contribution in [1.29, 1.82) is 0 Å². The molecule has 2 aromatic heterocycles. The van der Waals surface area contributed by atoms with Gasteiger partial charge >= 0.3 is 0 Å². The minimum absolute atomic E-state index is 0.0418. The number of aliphatic hydroxyl groups is 2. The molecule has 1 aliphatic carbocycles. The van der Waals surface area contributed by atoms with Gasteiger partial charge in [-0.15, -0.1) is 11.8 Å². The Kier molecular flexibility index (Phi) is 7.76. The van der Waals surface area contributed by atoms with Gasteiger partial charge in [0.1, 0.15) is 24.4 Å². The maximum absolute atomic E-state index is 14.0. The van der Waals surface area contributed by atoms with Gasteiger partial charge in [0, 0.05) is 10.6 Å². The lowest BCUT2D eigenvalue weighted by atomic mass is 10.1. The fourth-order valence-electron chi connectivity index (χ4n) is 5.22. The zero-order valence-corrected chi connectivity index (χ0v) is 22.0. The number of hydrogen-bond acceptors (Lipinski definition) is 9. The summed E-state index contributed by atoms with van der Waals surface area (Å²) in [6.45, 7) is 0.549. The molecule has 204 valence electrons. The molecule has 1 saturated carbocycles. The summed E-state index contributed by atoms with van der Waals surface area (Å²) in [5.41, 5.74) is 2.15. The highest BCUT2D eigenvalue weighted by molar-refractivity contribution is 7.99. The van der Waals surface area contributed by atoms with Crippen LogP contribution >= 0.6 is 11.8 Å². The third-order valence-corrected chi connectivity index (χ3v) is 8.43. The minimum atomic E-state index is -1.20. The molecule has 1 saturated heterocycles. The summed E-state index contributed by atoms with van der Waals surface area (Å²) in [5, 5.41) is 25.0. The third kappa shape index (κ3) is 5.50. The first-order chi connectivity index (χ1) is 19.1. The Hall–Kier alpha value is -3.09. The number of imidazole rings is 1. The topological polar surface area (TPSA) is 115 Å². The molecule has 2 aromatic carbocycles. The van der Waals surface area contributed by atoms with E-state index in [1.807, 2.05) is 18.2 Å². The van der Waals surface area contributed by atoms with Crippen molar-refractivity contribution < 1.29 is 24.1 Å². The van der Waals surface area contributed by atoms with E-state index in [1.54, 1.807) is 22.8 Å². The van der Waals surface area contributed by atoms with Crippen LogP contribution in [0.4, 0.5) is 10.2 Å². The summed E-state index contributed by atoms with van der Waals surface area (Å²) in [6, 6.07) is 16.6. The van der Waals surface area contributed by atoms with Gasteiger partial charge in [-0.2, -0.15) is 0 Å². The fourth-order valence-corrected chi connectivity index (χ4v) is 6.22. The van der Waals surface area contributed by atoms with Crippen LogP contribution in [-0.2, 0) is 16.1 Å². The number of aliphatic hydroxyl groups excluding tert-OH is 2. The van der Waals surface area contributed by atoms with Gasteiger partial charge in [-0.25, -0.2) is 19.3 Å². The second-order valence-corrected chi connectivity index (χ2v) is 10.9. The maximum Gasteiger partial charge on any atom is 0.167 e. The molecule has 6 atom stereocenters. The number of nitrogens with zero attached hydrogens (tertiary/aromatic N) is 4. The van der Waals surface area contributed by atoms with E-state index in [1.165, 1.54) is 30.5 Å². The van der Waals surface area contributed by atoms with Crippen molar-refractivity contribution in [3.05, 3.63) is 78.6 Å². The lowest BCUT2D eigenvalue weighted by Gasteiger charge is -2.22. The van der Waals surface area contributed by atoms with Crippen molar-refractivity contribution in [2.75, 3.05) is 11.1 Å². The largest absolute Gasteiger partial charge is 0.387 e. The zero-order chi connectivity index (χ0) is 26.8. The van der Waals surface area contributed by atoms with E-state index in [4.69, 9.17) is 9.47 Å². The Morgan fingerprint density at radius 2 is 1.85 bits per heavy atom. The average molecular weight is 552 g/mol. The summed E-state index contributed by atoms with van der Waals surface area (Å²) < 4.78 is 27.9. The standard InChI is InChI=1S/C28H30FN5O4S/c29-18-9-4-5-12-22(18)39-14-21-24(35)25(36)28(38-21)34-16-32-23-26(30-15-31-27(23)34)33-19-10-6-11-20(19)37-13-17-7-2-1-3-8-17/h1-5,7-9,12,15-16,19-21,24-25,28,35-36H,6,10-11,13-14H2,(H,30,31,33)/t19-,20-,21-,24-,25-,28-/m1/s1. The van der Waals surface area contributed by atoms with E-state index < -0.39 is 24.5 Å². The molecule has 2 aliphatic rings. The van der Waals surface area contributed by atoms with Crippen LogP contribution in [0.1, 0.15) is 31.1 Å². The number of hydrogen-bond donors (Lipinski definition) is 3. The average Bonchev–Trinajstić information content (AvgIpc) is 3.66. The van der Waals surface area contributed by atoms with E-state index in [9.17, 15) is 14.6 Å². The van der Waals surface area contributed by atoms with Gasteiger partial charge in [0.25, 0.3) is 0 Å². The molecule has 39 heavy (non-hydrogen) atoms. The normalized spacial score (nSPS) is 26.8. The summed E-state index contributed by atoms with van der Waals surface area (Å²) >= 11 is 1.23. The van der Waals surface area contributed by atoms with Crippen LogP contribution in [0.2, 0.25) is 0 Å². The Morgan fingerprint density at radius 1 is 1.03 bits per heavy atom. The SMILES string of the molecule is O[C@@H]1[C@H](O)[C@@H](CSc2ccccc2F)O[C@H]1n1cnc2c(N[C@@H]3CCC[C@H]3OCc3ccccc3)ncnc21. The van der Waals surface area contributed by atoms with Crippen LogP contribution in [0.5, 0.6) is 0 Å². The van der Waals surface area contributed by atoms with Crippen molar-refractivity contribution in [2.24, 2.45) is 0 Å². The summed E-state index contributed by atoms with van der Waals surface area (Å²) in [5.74, 6) is 0.522. The number of halogens is 1. The second kappa shape index (κ2) is 11.6. The number of fused-ring (bicyclic) bond motifs is 1. The van der Waals surface area contributed by atoms with Crippen LogP contribution in [0.3, 0.4) is 0 Å². The van der Waals surface area contributed by atoms with Gasteiger partial charge in [-0.05, 0) is 37.0 Å². The van der Waals surface area contributed by atoms with Crippen molar-refractivity contribution in [3.8, 4) is 0 Å². The Labute approximate surface area is 229 Å². The molecule has 11 heteroatoms. The number of thioether (sulfide) groups is 1. The maximum atomic E-state index is 14.0. The van der Waals surface area contributed by atoms with E-state index >= 15 is 0 Å². The predicted molar refractivity (Wildman–Crippen MR) is 145 cm³/mol. The minimum Gasteiger partial charge on any atom is -0.387 e. The van der Waals surface area contributed by atoms with Crippen molar-refractivity contribution in [1.82, 2.24) is 19.5 Å². The summed E-state index contributed by atoms with van der Waals surface area (Å²) in [6.07, 6.45) is 2.03. The number of aromatic nitrogens is 4. The van der Waals surface area contributed by atoms with E-state index in [0.717, 1.165) is 24.8 Å². The van der Waals surface area contributed by atoms with Gasteiger partial charge < -0.3 is 25.0 Å². The molecule has 3 N–H and O–H groups in total. The highest BCUT2D eigenvalue weighted by atomic mass is 32.2. The summed E-state index contributed by atoms with van der Waals surface area (Å²) in [4.78, 5) is 13.8. The van der Waals surface area contributed by atoms with E-state index in [2.05, 4.69) is 32.4 Å². The molecular weight excluding hydrogens is 521 g/mol. The molecule has 3 heterocycles. The smallest absolute Gasteiger partial charge is 0.167 e. The summed E-state index contributed by atoms with van der Waals surface area (Å²) in [7, 11) is 0. The number of benzene rings is 2. The van der Waals surface area contributed by atoms with Crippen molar-refractivity contribution in [3.63, 3.8) is 0 Å². The molecule has 0 amide bonds. The lowest BCUT2D eigenvalue weighted by Crippen LogP contribution is -2.32. The molecule has 0 bridgehead atoms. The predicted octanol–water partition coefficient (Wildman–Crippen LogP) is 3.93. The van der Waals surface area contributed by atoms with E-state index in [-0.39, 0.29) is 23.7 Å². The van der Waals surface area contributed by atoms with Crippen molar-refractivity contribution in [2.45, 2.75) is 67.5 Å². The molecule has 4 aromatic rings. The Morgan fingerprint density at radius 3 is 2.69 bits per heavy atom. The molecule has 0 spiro atoms. The van der Waals surface area contributed by atoms with Crippen LogP contribution in [0.25, 0.3) is 11.2 Å². The molecular formula is C28H30FN5O4S. The molecule has 1 aliphatic heterocycles. The second-order valence-electron chi connectivity index (χ2n) is 9.85. The van der Waals surface area contributed by atoms with Crippen LogP contribution < -0.4 is 5.32 Å². The first kappa shape index (κ1) is 26.1. The zero-order valence-electron chi connectivity index (χ0n) is 21.1. The Balaban J connectivity index is 1.15. The van der Waals surface area contributed by atoms with Gasteiger partial charge in [-0.3, -0.25) is 4.57 Å². The van der Waals surface area contributed by atoms with Gasteiger partial charge in [0.15, 0.2) is 23.2 Å². The molecule has 2 fully saturated rings.